The topological polar surface area (TPSA) is 124 Å². The maximum atomic E-state index is 11.3. The highest BCUT2D eigenvalue weighted by Gasteiger charge is 2.09. The molecular weight excluding hydrogens is 216 g/mol. The van der Waals surface area contributed by atoms with Crippen LogP contribution in [-0.2, 0) is 9.59 Å². The van der Waals surface area contributed by atoms with E-state index >= 15 is 0 Å². The van der Waals surface area contributed by atoms with Crippen LogP contribution < -0.4 is 10.6 Å². The normalized spacial score (nSPS) is 9.50. The van der Waals surface area contributed by atoms with Crippen LogP contribution in [0.1, 0.15) is 10.5 Å². The summed E-state index contributed by atoms with van der Waals surface area (Å²) < 4.78 is 0. The molecule has 0 saturated carbocycles. The molecule has 0 fully saturated rings. The van der Waals surface area contributed by atoms with E-state index in [0.717, 1.165) is 0 Å². The van der Waals surface area contributed by atoms with Gasteiger partial charge in [-0.2, -0.15) is 0 Å². The van der Waals surface area contributed by atoms with Crippen LogP contribution >= 0.6 is 0 Å². The number of H-pyrrole nitrogens is 1. The summed E-state index contributed by atoms with van der Waals surface area (Å²) in [4.78, 5) is 38.6. The first-order chi connectivity index (χ1) is 7.59. The molecule has 1 aromatic rings. The Morgan fingerprint density at radius 1 is 1.31 bits per heavy atom. The summed E-state index contributed by atoms with van der Waals surface area (Å²) in [5.74, 6) is -2.20. The first kappa shape index (κ1) is 11.7. The van der Waals surface area contributed by atoms with Crippen molar-refractivity contribution in [1.29, 1.82) is 0 Å². The number of imidazole rings is 1. The van der Waals surface area contributed by atoms with Crippen molar-refractivity contribution >= 4 is 17.8 Å². The molecule has 86 valence electrons. The summed E-state index contributed by atoms with van der Waals surface area (Å²) in [7, 11) is 0. The van der Waals surface area contributed by atoms with Gasteiger partial charge in [-0.3, -0.25) is 14.4 Å². The molecule has 0 unspecified atom stereocenters. The van der Waals surface area contributed by atoms with Gasteiger partial charge in [0.25, 0.3) is 5.91 Å². The molecule has 2 amide bonds. The molecule has 0 aliphatic rings. The second kappa shape index (κ2) is 5.49. The molecule has 0 aromatic carbocycles. The number of amides is 2. The van der Waals surface area contributed by atoms with Crippen LogP contribution in [-0.4, -0.2) is 45.9 Å². The zero-order valence-corrected chi connectivity index (χ0v) is 8.19. The van der Waals surface area contributed by atoms with E-state index in [9.17, 15) is 14.4 Å². The van der Waals surface area contributed by atoms with E-state index in [2.05, 4.69) is 20.6 Å². The van der Waals surface area contributed by atoms with Gasteiger partial charge in [0.05, 0.1) is 19.1 Å². The minimum atomic E-state index is -1.15. The number of hydrogen-bond acceptors (Lipinski definition) is 4. The molecule has 1 heterocycles. The zero-order valence-electron chi connectivity index (χ0n) is 8.19. The van der Waals surface area contributed by atoms with Gasteiger partial charge in [-0.15, -0.1) is 0 Å². The molecule has 8 heteroatoms. The van der Waals surface area contributed by atoms with E-state index in [1.165, 1.54) is 12.5 Å². The summed E-state index contributed by atoms with van der Waals surface area (Å²) in [6.07, 6.45) is 2.64. The number of rotatable bonds is 5. The molecule has 0 aliphatic heterocycles. The van der Waals surface area contributed by atoms with Crippen molar-refractivity contribution in [3.63, 3.8) is 0 Å². The van der Waals surface area contributed by atoms with Gasteiger partial charge in [-0.1, -0.05) is 0 Å². The van der Waals surface area contributed by atoms with Gasteiger partial charge < -0.3 is 20.7 Å². The largest absolute Gasteiger partial charge is 0.480 e. The van der Waals surface area contributed by atoms with Gasteiger partial charge in [0, 0.05) is 0 Å². The number of carbonyl (C=O) groups is 3. The van der Waals surface area contributed by atoms with Gasteiger partial charge in [0.1, 0.15) is 12.2 Å². The Morgan fingerprint density at radius 2 is 2.06 bits per heavy atom. The van der Waals surface area contributed by atoms with Crippen molar-refractivity contribution in [3.8, 4) is 0 Å². The lowest BCUT2D eigenvalue weighted by atomic mass is 10.4. The maximum Gasteiger partial charge on any atom is 0.322 e. The molecule has 4 N–H and O–H groups in total. The lowest BCUT2D eigenvalue weighted by Crippen LogP contribution is -2.39. The fraction of sp³-hybridized carbons (Fsp3) is 0.250. The van der Waals surface area contributed by atoms with Crippen LogP contribution in [0.15, 0.2) is 12.5 Å². The van der Waals surface area contributed by atoms with Gasteiger partial charge in [0.15, 0.2) is 0 Å². The molecule has 16 heavy (non-hydrogen) atoms. The van der Waals surface area contributed by atoms with Crippen molar-refractivity contribution in [3.05, 3.63) is 18.2 Å². The van der Waals surface area contributed by atoms with Crippen LogP contribution in [0.3, 0.4) is 0 Å². The molecule has 1 rings (SSSR count). The first-order valence-corrected chi connectivity index (χ1v) is 4.34. The Kier molecular flexibility index (Phi) is 4.01. The average Bonchev–Trinajstić information content (AvgIpc) is 2.76. The summed E-state index contributed by atoms with van der Waals surface area (Å²) >= 11 is 0. The number of nitrogens with one attached hydrogen (secondary N) is 3. The van der Waals surface area contributed by atoms with Gasteiger partial charge in [-0.25, -0.2) is 4.98 Å². The maximum absolute atomic E-state index is 11.3. The van der Waals surface area contributed by atoms with Gasteiger partial charge in [-0.05, 0) is 0 Å². The predicted octanol–water partition coefficient (Wildman–Crippen LogP) is -1.66. The third-order valence-electron chi connectivity index (χ3n) is 1.59. The van der Waals surface area contributed by atoms with Crippen molar-refractivity contribution in [1.82, 2.24) is 20.6 Å². The minimum Gasteiger partial charge on any atom is -0.480 e. The highest BCUT2D eigenvalue weighted by atomic mass is 16.4. The number of nitrogens with zero attached hydrogens (tertiary/aromatic N) is 1. The fourth-order valence-electron chi connectivity index (χ4n) is 0.873. The molecule has 0 saturated heterocycles. The van der Waals surface area contributed by atoms with Crippen molar-refractivity contribution in [2.45, 2.75) is 0 Å². The van der Waals surface area contributed by atoms with Gasteiger partial charge >= 0.3 is 5.97 Å². The number of aromatic amines is 1. The van der Waals surface area contributed by atoms with Crippen LogP contribution in [0.25, 0.3) is 0 Å². The summed E-state index contributed by atoms with van der Waals surface area (Å²) in [6, 6.07) is 0. The fourth-order valence-corrected chi connectivity index (χ4v) is 0.873. The minimum absolute atomic E-state index is 0.228. The average molecular weight is 226 g/mol. The Bertz CT molecular complexity index is 387. The van der Waals surface area contributed by atoms with E-state index in [0.29, 0.717) is 0 Å². The van der Waals surface area contributed by atoms with E-state index < -0.39 is 24.3 Å². The number of aliphatic carboxylic acids is 1. The van der Waals surface area contributed by atoms with Crippen LogP contribution in [0, 0.1) is 0 Å². The van der Waals surface area contributed by atoms with Crippen LogP contribution in [0.2, 0.25) is 0 Å². The van der Waals surface area contributed by atoms with Crippen molar-refractivity contribution in [2.75, 3.05) is 13.1 Å². The highest BCUT2D eigenvalue weighted by molar-refractivity contribution is 5.94. The van der Waals surface area contributed by atoms with Crippen molar-refractivity contribution < 1.29 is 19.5 Å². The second-order valence-corrected chi connectivity index (χ2v) is 2.82. The molecule has 0 spiro atoms. The van der Waals surface area contributed by atoms with E-state index in [1.807, 2.05) is 0 Å². The number of hydrogen-bond donors (Lipinski definition) is 4. The summed E-state index contributed by atoms with van der Waals surface area (Å²) in [5.41, 5.74) is 0.228. The number of carboxylic acid groups (broad SMARTS) is 1. The Balaban J connectivity index is 2.27. The first-order valence-electron chi connectivity index (χ1n) is 4.34. The molecular formula is C8H10N4O4. The quantitative estimate of drug-likeness (QED) is 0.478. The summed E-state index contributed by atoms with van der Waals surface area (Å²) in [5, 5.41) is 12.7. The molecule has 0 radical (unpaired) electrons. The van der Waals surface area contributed by atoms with Gasteiger partial charge in [0.2, 0.25) is 5.91 Å². The highest BCUT2D eigenvalue weighted by Crippen LogP contribution is 1.88. The molecule has 8 nitrogen and oxygen atoms in total. The van der Waals surface area contributed by atoms with E-state index in [4.69, 9.17) is 5.11 Å². The Labute approximate surface area is 90.1 Å². The molecule has 1 aromatic heterocycles. The third kappa shape index (κ3) is 3.78. The van der Waals surface area contributed by atoms with Crippen LogP contribution in [0.5, 0.6) is 0 Å². The van der Waals surface area contributed by atoms with Crippen LogP contribution in [0.4, 0.5) is 0 Å². The monoisotopic (exact) mass is 226 g/mol. The Morgan fingerprint density at radius 3 is 2.62 bits per heavy atom. The smallest absolute Gasteiger partial charge is 0.322 e. The molecule has 0 atom stereocenters. The lowest BCUT2D eigenvalue weighted by molar-refractivity contribution is -0.137. The number of carbonyl (C=O) groups excluding carboxylic acids is 2. The second-order valence-electron chi connectivity index (χ2n) is 2.82. The lowest BCUT2D eigenvalue weighted by Gasteiger charge is -2.03. The molecule has 0 bridgehead atoms. The SMILES string of the molecule is O=C(O)CNC(=O)CNC(=O)c1cnc[nH]1. The van der Waals surface area contributed by atoms with E-state index in [1.54, 1.807) is 0 Å². The van der Waals surface area contributed by atoms with E-state index in [-0.39, 0.29) is 12.2 Å². The van der Waals surface area contributed by atoms with Crippen molar-refractivity contribution in [2.24, 2.45) is 0 Å². The number of aromatic nitrogens is 2. The Hall–Kier alpha value is -2.38. The predicted molar refractivity (Wildman–Crippen MR) is 51.6 cm³/mol. The number of carboxylic acids is 1. The standard InChI is InChI=1S/C8H10N4O4/c13-6(10-3-7(14)15)2-11-8(16)5-1-9-4-12-5/h1,4H,2-3H2,(H,9,12)(H,10,13)(H,11,16)(H,14,15). The third-order valence-corrected chi connectivity index (χ3v) is 1.59. The molecule has 0 aliphatic carbocycles. The summed E-state index contributed by atoms with van der Waals surface area (Å²) in [6.45, 7) is -0.760. The zero-order chi connectivity index (χ0) is 12.0.